The van der Waals surface area contributed by atoms with Crippen LogP contribution in [0.4, 0.5) is 0 Å². The molecule has 0 aliphatic heterocycles. The number of nitrogens with one attached hydrogen (secondary N) is 1. The van der Waals surface area contributed by atoms with Crippen LogP contribution >= 0.6 is 0 Å². The Hall–Kier alpha value is -2.13. The second kappa shape index (κ2) is 10.00. The maximum Gasteiger partial charge on any atom is 0.320 e. The summed E-state index contributed by atoms with van der Waals surface area (Å²) in [6, 6.07) is 20.4. The van der Waals surface area contributed by atoms with Crippen molar-refractivity contribution in [2.75, 3.05) is 6.54 Å². The maximum absolute atomic E-state index is 11.5. The largest absolute Gasteiger partial charge is 0.480 e. The van der Waals surface area contributed by atoms with Crippen LogP contribution in [0.3, 0.4) is 0 Å². The summed E-state index contributed by atoms with van der Waals surface area (Å²) in [5.41, 5.74) is 2.59. The van der Waals surface area contributed by atoms with E-state index in [9.17, 15) is 9.90 Å². The third kappa shape index (κ3) is 7.10. The molecule has 3 heteroatoms. The van der Waals surface area contributed by atoms with Gasteiger partial charge in [-0.25, -0.2) is 0 Å². The van der Waals surface area contributed by atoms with E-state index in [4.69, 9.17) is 0 Å². The Morgan fingerprint density at radius 1 is 0.920 bits per heavy atom. The van der Waals surface area contributed by atoms with Crippen molar-refractivity contribution in [2.45, 2.75) is 39.2 Å². The van der Waals surface area contributed by atoms with Gasteiger partial charge in [-0.2, -0.15) is 0 Å². The number of hydrogen-bond donors (Lipinski definition) is 2. The second-order valence-corrected chi connectivity index (χ2v) is 7.17. The Kier molecular flexibility index (Phi) is 7.68. The quantitative estimate of drug-likeness (QED) is 0.683. The van der Waals surface area contributed by atoms with Crippen molar-refractivity contribution in [1.82, 2.24) is 5.32 Å². The third-order valence-electron chi connectivity index (χ3n) is 4.39. The van der Waals surface area contributed by atoms with Crippen LogP contribution in [-0.4, -0.2) is 23.7 Å². The van der Waals surface area contributed by atoms with Crippen LogP contribution in [0.5, 0.6) is 0 Å². The molecule has 2 rings (SSSR count). The third-order valence-corrected chi connectivity index (χ3v) is 4.39. The molecule has 134 valence electrons. The van der Waals surface area contributed by atoms with Crippen molar-refractivity contribution in [3.8, 4) is 0 Å². The van der Waals surface area contributed by atoms with Crippen LogP contribution in [0, 0.1) is 11.8 Å². The number of carboxylic acids is 1. The van der Waals surface area contributed by atoms with Crippen molar-refractivity contribution < 1.29 is 9.90 Å². The molecule has 2 aromatic carbocycles. The number of hydrogen-bond acceptors (Lipinski definition) is 2. The van der Waals surface area contributed by atoms with Crippen molar-refractivity contribution in [3.63, 3.8) is 0 Å². The molecule has 0 saturated heterocycles. The smallest absolute Gasteiger partial charge is 0.320 e. The molecule has 2 N–H and O–H groups in total. The molecule has 2 aromatic rings. The van der Waals surface area contributed by atoms with E-state index >= 15 is 0 Å². The van der Waals surface area contributed by atoms with E-state index in [0.717, 1.165) is 12.8 Å². The molecule has 0 fully saturated rings. The first-order valence-corrected chi connectivity index (χ1v) is 9.08. The zero-order chi connectivity index (χ0) is 18.1. The van der Waals surface area contributed by atoms with Gasteiger partial charge in [0.05, 0.1) is 0 Å². The van der Waals surface area contributed by atoms with Crippen LogP contribution < -0.4 is 5.32 Å². The van der Waals surface area contributed by atoms with Gasteiger partial charge in [0, 0.05) is 0 Å². The van der Waals surface area contributed by atoms with Crippen LogP contribution in [-0.2, 0) is 17.6 Å². The lowest BCUT2D eigenvalue weighted by Crippen LogP contribution is -2.41. The number of rotatable bonds is 10. The lowest BCUT2D eigenvalue weighted by atomic mass is 9.92. The first-order chi connectivity index (χ1) is 12.0. The lowest BCUT2D eigenvalue weighted by Gasteiger charge is -2.22. The van der Waals surface area contributed by atoms with E-state index < -0.39 is 12.0 Å². The van der Waals surface area contributed by atoms with Gasteiger partial charge in [-0.1, -0.05) is 74.5 Å². The minimum Gasteiger partial charge on any atom is -0.480 e. The summed E-state index contributed by atoms with van der Waals surface area (Å²) >= 11 is 0. The van der Waals surface area contributed by atoms with Gasteiger partial charge in [-0.05, 0) is 48.8 Å². The minimum atomic E-state index is -0.758. The number of benzene rings is 2. The number of carbonyl (C=O) groups is 1. The molecule has 0 heterocycles. The van der Waals surface area contributed by atoms with Crippen molar-refractivity contribution in [3.05, 3.63) is 71.8 Å². The highest BCUT2D eigenvalue weighted by atomic mass is 16.4. The molecule has 0 aliphatic carbocycles. The van der Waals surface area contributed by atoms with Gasteiger partial charge in [-0.3, -0.25) is 4.79 Å². The van der Waals surface area contributed by atoms with Gasteiger partial charge < -0.3 is 10.4 Å². The summed E-state index contributed by atoms with van der Waals surface area (Å²) in [5.74, 6) is -0.0408. The molecule has 0 unspecified atom stereocenters. The van der Waals surface area contributed by atoms with Crippen LogP contribution in [0.2, 0.25) is 0 Å². The van der Waals surface area contributed by atoms with E-state index in [-0.39, 0.29) is 0 Å². The molecule has 1 atom stereocenters. The molecule has 0 bridgehead atoms. The Balaban J connectivity index is 2.03. The highest BCUT2D eigenvalue weighted by Gasteiger charge is 2.20. The first-order valence-electron chi connectivity index (χ1n) is 9.08. The Labute approximate surface area is 151 Å². The van der Waals surface area contributed by atoms with Gasteiger partial charge in [-0.15, -0.1) is 0 Å². The van der Waals surface area contributed by atoms with Gasteiger partial charge in [0.15, 0.2) is 0 Å². The second-order valence-electron chi connectivity index (χ2n) is 7.17. The van der Waals surface area contributed by atoms with Crippen molar-refractivity contribution >= 4 is 5.97 Å². The first kappa shape index (κ1) is 19.2. The molecular formula is C22H29NO2. The number of aliphatic carboxylic acids is 1. The van der Waals surface area contributed by atoms with E-state index in [1.807, 2.05) is 12.1 Å². The molecule has 25 heavy (non-hydrogen) atoms. The highest BCUT2D eigenvalue weighted by Crippen LogP contribution is 2.15. The summed E-state index contributed by atoms with van der Waals surface area (Å²) in [6.07, 6.45) is 2.53. The normalized spacial score (nSPS) is 12.5. The average molecular weight is 339 g/mol. The van der Waals surface area contributed by atoms with E-state index in [1.54, 1.807) is 0 Å². The van der Waals surface area contributed by atoms with Crippen molar-refractivity contribution in [2.24, 2.45) is 11.8 Å². The van der Waals surface area contributed by atoms with Gasteiger partial charge in [0.25, 0.3) is 0 Å². The van der Waals surface area contributed by atoms with Crippen LogP contribution in [0.25, 0.3) is 0 Å². The van der Waals surface area contributed by atoms with E-state index in [1.165, 1.54) is 11.1 Å². The fourth-order valence-electron chi connectivity index (χ4n) is 3.16. The monoisotopic (exact) mass is 339 g/mol. The van der Waals surface area contributed by atoms with Gasteiger partial charge >= 0.3 is 5.97 Å². The lowest BCUT2D eigenvalue weighted by molar-refractivity contribution is -0.140. The molecular weight excluding hydrogens is 310 g/mol. The Morgan fingerprint density at radius 2 is 1.40 bits per heavy atom. The molecule has 0 saturated carbocycles. The van der Waals surface area contributed by atoms with Gasteiger partial charge in [0.2, 0.25) is 0 Å². The summed E-state index contributed by atoms with van der Waals surface area (Å²) in [4.78, 5) is 11.5. The SMILES string of the molecule is CC(C)C[C@@H](NCC(Cc1ccccc1)Cc1ccccc1)C(=O)O. The number of carboxylic acid groups (broad SMARTS) is 1. The summed E-state index contributed by atoms with van der Waals surface area (Å²) < 4.78 is 0. The summed E-state index contributed by atoms with van der Waals surface area (Å²) in [5, 5.41) is 12.7. The fraction of sp³-hybridized carbons (Fsp3) is 0.409. The zero-order valence-corrected chi connectivity index (χ0v) is 15.2. The molecule has 0 aliphatic rings. The van der Waals surface area contributed by atoms with Crippen LogP contribution in [0.15, 0.2) is 60.7 Å². The summed E-state index contributed by atoms with van der Waals surface area (Å²) in [7, 11) is 0. The maximum atomic E-state index is 11.5. The Bertz CT molecular complexity index is 583. The zero-order valence-electron chi connectivity index (χ0n) is 15.2. The molecule has 0 aromatic heterocycles. The summed E-state index contributed by atoms with van der Waals surface area (Å²) in [6.45, 7) is 4.82. The predicted molar refractivity (Wildman–Crippen MR) is 103 cm³/mol. The minimum absolute atomic E-state index is 0.357. The predicted octanol–water partition coefficient (Wildman–Crippen LogP) is 4.18. The average Bonchev–Trinajstić information content (AvgIpc) is 2.59. The van der Waals surface area contributed by atoms with Crippen molar-refractivity contribution in [1.29, 1.82) is 0 Å². The topological polar surface area (TPSA) is 49.3 Å². The standard InChI is InChI=1S/C22H29NO2/c1-17(2)13-21(22(24)25)23-16-20(14-18-9-5-3-6-10-18)15-19-11-7-4-8-12-19/h3-12,17,20-21,23H,13-16H2,1-2H3,(H,24,25)/t21-/m1/s1. The van der Waals surface area contributed by atoms with E-state index in [2.05, 4.69) is 67.7 Å². The molecule has 0 spiro atoms. The Morgan fingerprint density at radius 3 is 1.80 bits per heavy atom. The highest BCUT2D eigenvalue weighted by molar-refractivity contribution is 5.73. The molecule has 3 nitrogen and oxygen atoms in total. The fourth-order valence-corrected chi connectivity index (χ4v) is 3.16. The molecule has 0 amide bonds. The van der Waals surface area contributed by atoms with E-state index in [0.29, 0.717) is 24.8 Å². The van der Waals surface area contributed by atoms with Crippen LogP contribution in [0.1, 0.15) is 31.4 Å². The molecule has 0 radical (unpaired) electrons. The van der Waals surface area contributed by atoms with Gasteiger partial charge in [0.1, 0.15) is 6.04 Å².